The molecule has 0 aromatic heterocycles. The van der Waals surface area contributed by atoms with Crippen molar-refractivity contribution in [3.8, 4) is 0 Å². The van der Waals surface area contributed by atoms with Gasteiger partial charge in [0.15, 0.2) is 0 Å². The van der Waals surface area contributed by atoms with Gasteiger partial charge in [-0.1, -0.05) is 0 Å². The standard InChI is InChI=1S/C15H18N2O2/c18-11-12-1-5-14(6-2-12)16-7-9-17(10-8-16)15(19)13-3-4-13/h1-2,5-6,11,13H,3-4,7-10H2. The van der Waals surface area contributed by atoms with Crippen LogP contribution >= 0.6 is 0 Å². The SMILES string of the molecule is O=Cc1ccc(N2CCN(C(=O)C3CC3)CC2)cc1. The lowest BCUT2D eigenvalue weighted by Crippen LogP contribution is -2.49. The summed E-state index contributed by atoms with van der Waals surface area (Å²) < 4.78 is 0. The predicted octanol–water partition coefficient (Wildman–Crippen LogP) is 1.56. The molecule has 0 bridgehead atoms. The highest BCUT2D eigenvalue weighted by atomic mass is 16.2. The molecule has 4 nitrogen and oxygen atoms in total. The fourth-order valence-electron chi connectivity index (χ4n) is 2.54. The second-order valence-electron chi connectivity index (χ2n) is 5.30. The number of hydrogen-bond acceptors (Lipinski definition) is 3. The van der Waals surface area contributed by atoms with Crippen LogP contribution in [0.4, 0.5) is 5.69 Å². The van der Waals surface area contributed by atoms with Crippen molar-refractivity contribution in [3.05, 3.63) is 29.8 Å². The summed E-state index contributed by atoms with van der Waals surface area (Å²) in [5.74, 6) is 0.661. The van der Waals surface area contributed by atoms with Gasteiger partial charge in [-0.3, -0.25) is 9.59 Å². The molecule has 0 atom stereocenters. The van der Waals surface area contributed by atoms with Gasteiger partial charge < -0.3 is 9.80 Å². The Hall–Kier alpha value is -1.84. The minimum Gasteiger partial charge on any atom is -0.368 e. The number of hydrogen-bond donors (Lipinski definition) is 0. The minimum atomic E-state index is 0.318. The monoisotopic (exact) mass is 258 g/mol. The van der Waals surface area contributed by atoms with Crippen molar-refractivity contribution in [2.75, 3.05) is 31.1 Å². The Morgan fingerprint density at radius 2 is 1.68 bits per heavy atom. The molecule has 1 aromatic carbocycles. The first-order chi connectivity index (χ1) is 9.28. The molecule has 0 N–H and O–H groups in total. The summed E-state index contributed by atoms with van der Waals surface area (Å²) in [6.45, 7) is 3.37. The predicted molar refractivity (Wildman–Crippen MR) is 73.3 cm³/mol. The van der Waals surface area contributed by atoms with Gasteiger partial charge in [0.25, 0.3) is 0 Å². The average Bonchev–Trinajstić information content (AvgIpc) is 3.31. The van der Waals surface area contributed by atoms with E-state index in [0.29, 0.717) is 17.4 Å². The maximum atomic E-state index is 12.0. The van der Waals surface area contributed by atoms with Gasteiger partial charge in [-0.25, -0.2) is 0 Å². The molecule has 19 heavy (non-hydrogen) atoms. The average molecular weight is 258 g/mol. The summed E-state index contributed by atoms with van der Waals surface area (Å²) in [4.78, 5) is 26.8. The molecule has 1 aromatic rings. The normalized spacial score (nSPS) is 19.4. The van der Waals surface area contributed by atoms with E-state index in [2.05, 4.69) is 4.90 Å². The molecule has 1 saturated carbocycles. The Morgan fingerprint density at radius 3 is 2.21 bits per heavy atom. The van der Waals surface area contributed by atoms with Crippen LogP contribution in [0.1, 0.15) is 23.2 Å². The quantitative estimate of drug-likeness (QED) is 0.772. The first-order valence-electron chi connectivity index (χ1n) is 6.87. The van der Waals surface area contributed by atoms with Crippen LogP contribution in [-0.2, 0) is 4.79 Å². The minimum absolute atomic E-state index is 0.318. The lowest BCUT2D eigenvalue weighted by Gasteiger charge is -2.36. The number of anilines is 1. The van der Waals surface area contributed by atoms with E-state index in [1.807, 2.05) is 29.2 Å². The molecule has 1 saturated heterocycles. The van der Waals surface area contributed by atoms with Crippen LogP contribution in [0, 0.1) is 5.92 Å². The van der Waals surface area contributed by atoms with E-state index in [0.717, 1.165) is 51.0 Å². The van der Waals surface area contributed by atoms with Crippen molar-refractivity contribution in [3.63, 3.8) is 0 Å². The number of amides is 1. The van der Waals surface area contributed by atoms with E-state index in [1.54, 1.807) is 0 Å². The maximum Gasteiger partial charge on any atom is 0.225 e. The molecular weight excluding hydrogens is 240 g/mol. The molecule has 1 amide bonds. The van der Waals surface area contributed by atoms with Crippen LogP contribution < -0.4 is 4.90 Å². The molecule has 0 unspecified atom stereocenters. The molecule has 3 rings (SSSR count). The number of nitrogens with zero attached hydrogens (tertiary/aromatic N) is 2. The Kier molecular flexibility index (Phi) is 3.23. The van der Waals surface area contributed by atoms with E-state index in [9.17, 15) is 9.59 Å². The molecule has 2 fully saturated rings. The van der Waals surface area contributed by atoms with Gasteiger partial charge in [0.2, 0.25) is 5.91 Å². The van der Waals surface area contributed by atoms with Crippen molar-refractivity contribution < 1.29 is 9.59 Å². The first kappa shape index (κ1) is 12.2. The number of carbonyl (C=O) groups excluding carboxylic acids is 2. The van der Waals surface area contributed by atoms with Crippen molar-refractivity contribution in [1.82, 2.24) is 4.90 Å². The third-order valence-electron chi connectivity index (χ3n) is 3.91. The zero-order chi connectivity index (χ0) is 13.2. The van der Waals surface area contributed by atoms with E-state index in [-0.39, 0.29) is 0 Å². The molecule has 0 spiro atoms. The zero-order valence-corrected chi connectivity index (χ0v) is 10.9. The maximum absolute atomic E-state index is 12.0. The van der Waals surface area contributed by atoms with Gasteiger partial charge >= 0.3 is 0 Å². The molecule has 0 radical (unpaired) electrons. The van der Waals surface area contributed by atoms with Crippen molar-refractivity contribution in [1.29, 1.82) is 0 Å². The highest BCUT2D eigenvalue weighted by Gasteiger charge is 2.34. The summed E-state index contributed by atoms with van der Waals surface area (Å²) in [5.41, 5.74) is 1.83. The summed E-state index contributed by atoms with van der Waals surface area (Å²) >= 11 is 0. The van der Waals surface area contributed by atoms with Crippen LogP contribution in [0.5, 0.6) is 0 Å². The summed E-state index contributed by atoms with van der Waals surface area (Å²) in [5, 5.41) is 0. The largest absolute Gasteiger partial charge is 0.368 e. The molecule has 1 aliphatic carbocycles. The molecule has 1 heterocycles. The number of benzene rings is 1. The van der Waals surface area contributed by atoms with E-state index < -0.39 is 0 Å². The highest BCUT2D eigenvalue weighted by Crippen LogP contribution is 2.31. The highest BCUT2D eigenvalue weighted by molar-refractivity contribution is 5.81. The Labute approximate surface area is 113 Å². The second-order valence-corrected chi connectivity index (χ2v) is 5.30. The van der Waals surface area contributed by atoms with Crippen LogP contribution in [0.2, 0.25) is 0 Å². The van der Waals surface area contributed by atoms with E-state index >= 15 is 0 Å². The molecule has 2 aliphatic rings. The first-order valence-corrected chi connectivity index (χ1v) is 6.87. The Balaban J connectivity index is 1.59. The summed E-state index contributed by atoms with van der Waals surface area (Å²) in [6, 6.07) is 7.62. The van der Waals surface area contributed by atoms with Crippen molar-refractivity contribution in [2.24, 2.45) is 5.92 Å². The molecule has 4 heteroatoms. The fourth-order valence-corrected chi connectivity index (χ4v) is 2.54. The van der Waals surface area contributed by atoms with Crippen LogP contribution in [0.3, 0.4) is 0 Å². The van der Waals surface area contributed by atoms with Gasteiger partial charge in [0, 0.05) is 43.3 Å². The number of piperazine rings is 1. The van der Waals surface area contributed by atoms with Crippen LogP contribution in [0.15, 0.2) is 24.3 Å². The van der Waals surface area contributed by atoms with Crippen LogP contribution in [0.25, 0.3) is 0 Å². The zero-order valence-electron chi connectivity index (χ0n) is 10.9. The number of rotatable bonds is 3. The van der Waals surface area contributed by atoms with Gasteiger partial charge in [-0.15, -0.1) is 0 Å². The summed E-state index contributed by atoms with van der Waals surface area (Å²) in [6.07, 6.45) is 3.01. The second kappa shape index (κ2) is 5.03. The summed E-state index contributed by atoms with van der Waals surface area (Å²) in [7, 11) is 0. The topological polar surface area (TPSA) is 40.6 Å². The van der Waals surface area contributed by atoms with Crippen LogP contribution in [-0.4, -0.2) is 43.3 Å². The third kappa shape index (κ3) is 2.62. The van der Waals surface area contributed by atoms with Crippen molar-refractivity contribution >= 4 is 17.9 Å². The van der Waals surface area contributed by atoms with E-state index in [4.69, 9.17) is 0 Å². The lowest BCUT2D eigenvalue weighted by molar-refractivity contribution is -0.132. The van der Waals surface area contributed by atoms with E-state index in [1.165, 1.54) is 0 Å². The molecule has 1 aliphatic heterocycles. The van der Waals surface area contributed by atoms with Crippen molar-refractivity contribution in [2.45, 2.75) is 12.8 Å². The lowest BCUT2D eigenvalue weighted by atomic mass is 10.2. The van der Waals surface area contributed by atoms with Gasteiger partial charge in [0.1, 0.15) is 6.29 Å². The third-order valence-corrected chi connectivity index (χ3v) is 3.91. The number of aldehydes is 1. The Morgan fingerprint density at radius 1 is 1.05 bits per heavy atom. The molecule has 100 valence electrons. The smallest absolute Gasteiger partial charge is 0.225 e. The molecular formula is C15H18N2O2. The fraction of sp³-hybridized carbons (Fsp3) is 0.467. The van der Waals surface area contributed by atoms with Gasteiger partial charge in [0.05, 0.1) is 0 Å². The van der Waals surface area contributed by atoms with Gasteiger partial charge in [-0.2, -0.15) is 0 Å². The Bertz CT molecular complexity index is 471. The number of carbonyl (C=O) groups is 2. The van der Waals surface area contributed by atoms with Gasteiger partial charge in [-0.05, 0) is 37.1 Å².